The van der Waals surface area contributed by atoms with Crippen LogP contribution in [0.4, 0.5) is 5.69 Å². The fraction of sp³-hybridized carbons (Fsp3) is 0.231. The van der Waals surface area contributed by atoms with Crippen LogP contribution < -0.4 is 5.32 Å². The topological polar surface area (TPSA) is 15.3 Å². The van der Waals surface area contributed by atoms with Gasteiger partial charge in [-0.2, -0.15) is 0 Å². The summed E-state index contributed by atoms with van der Waals surface area (Å²) < 4.78 is 0. The summed E-state index contributed by atoms with van der Waals surface area (Å²) in [5, 5.41) is 5.97. The number of hydrogen-bond donors (Lipinski definition) is 1. The Kier molecular flexibility index (Phi) is 2.88. The first kappa shape index (κ1) is 9.99. The Hall–Kier alpha value is -1.54. The minimum absolute atomic E-state index is 0.855. The maximum absolute atomic E-state index is 3.41. The van der Waals surface area contributed by atoms with Crippen LogP contribution >= 0.6 is 0 Å². The molecule has 2 aromatic carbocycles. The predicted octanol–water partition coefficient (Wildman–Crippen LogP) is 2.77. The first-order valence-corrected chi connectivity index (χ1v) is 5.14. The van der Waals surface area contributed by atoms with Crippen LogP contribution in [0, 0.1) is 0 Å². The number of nitrogens with zero attached hydrogens (tertiary/aromatic N) is 1. The van der Waals surface area contributed by atoms with Crippen molar-refractivity contribution in [1.29, 1.82) is 0 Å². The fourth-order valence-corrected chi connectivity index (χ4v) is 1.62. The first-order valence-electron chi connectivity index (χ1n) is 5.14. The lowest BCUT2D eigenvalue weighted by Crippen LogP contribution is -2.20. The van der Waals surface area contributed by atoms with Gasteiger partial charge in [-0.1, -0.05) is 36.4 Å². The molecule has 0 aliphatic rings. The van der Waals surface area contributed by atoms with Gasteiger partial charge in [0, 0.05) is 11.1 Å². The standard InChI is InChI=1S/C13H16N2/c1-15(2)10-14-13-9-5-7-11-6-3-4-8-12(11)13/h3-9,14H,10H2,1-2H3. The zero-order valence-corrected chi connectivity index (χ0v) is 9.20. The molecule has 0 bridgehead atoms. The second-order valence-electron chi connectivity index (χ2n) is 3.94. The third kappa shape index (κ3) is 2.28. The molecule has 1 N–H and O–H groups in total. The van der Waals surface area contributed by atoms with Gasteiger partial charge < -0.3 is 5.32 Å². The highest BCUT2D eigenvalue weighted by molar-refractivity contribution is 5.93. The summed E-state index contributed by atoms with van der Waals surface area (Å²) in [6.45, 7) is 0.855. The van der Waals surface area contributed by atoms with E-state index in [4.69, 9.17) is 0 Å². The zero-order valence-electron chi connectivity index (χ0n) is 9.20. The smallest absolute Gasteiger partial charge is 0.0673 e. The lowest BCUT2D eigenvalue weighted by atomic mass is 10.1. The molecule has 0 aliphatic carbocycles. The first-order chi connectivity index (χ1) is 7.27. The van der Waals surface area contributed by atoms with Gasteiger partial charge in [-0.25, -0.2) is 0 Å². The van der Waals surface area contributed by atoms with Crippen LogP contribution in [-0.2, 0) is 0 Å². The van der Waals surface area contributed by atoms with E-state index in [2.05, 4.69) is 66.8 Å². The molecule has 15 heavy (non-hydrogen) atoms. The quantitative estimate of drug-likeness (QED) is 0.766. The molecule has 2 heteroatoms. The molecule has 2 rings (SSSR count). The third-order valence-corrected chi connectivity index (χ3v) is 2.38. The van der Waals surface area contributed by atoms with Crippen molar-refractivity contribution < 1.29 is 0 Å². The number of nitrogens with one attached hydrogen (secondary N) is 1. The van der Waals surface area contributed by atoms with E-state index in [1.165, 1.54) is 16.5 Å². The summed E-state index contributed by atoms with van der Waals surface area (Å²) in [4.78, 5) is 2.11. The van der Waals surface area contributed by atoms with Gasteiger partial charge in [0.1, 0.15) is 0 Å². The van der Waals surface area contributed by atoms with Crippen LogP contribution in [0.5, 0.6) is 0 Å². The van der Waals surface area contributed by atoms with E-state index in [0.717, 1.165) is 6.67 Å². The summed E-state index contributed by atoms with van der Waals surface area (Å²) in [6.07, 6.45) is 0. The average Bonchev–Trinajstić information content (AvgIpc) is 2.26. The van der Waals surface area contributed by atoms with Crippen molar-refractivity contribution in [1.82, 2.24) is 4.90 Å². The molecule has 0 unspecified atom stereocenters. The van der Waals surface area contributed by atoms with E-state index in [1.807, 2.05) is 0 Å². The van der Waals surface area contributed by atoms with Crippen molar-refractivity contribution in [2.24, 2.45) is 0 Å². The Morgan fingerprint density at radius 1 is 1.00 bits per heavy atom. The summed E-state index contributed by atoms with van der Waals surface area (Å²) >= 11 is 0. The Bertz CT molecular complexity index is 444. The molecule has 78 valence electrons. The van der Waals surface area contributed by atoms with Gasteiger partial charge in [0.15, 0.2) is 0 Å². The van der Waals surface area contributed by atoms with E-state index in [0.29, 0.717) is 0 Å². The van der Waals surface area contributed by atoms with Crippen molar-refractivity contribution in [3.63, 3.8) is 0 Å². The van der Waals surface area contributed by atoms with Crippen LogP contribution in [-0.4, -0.2) is 25.7 Å². The maximum Gasteiger partial charge on any atom is 0.0673 e. The molecular formula is C13H16N2. The molecule has 0 saturated heterocycles. The maximum atomic E-state index is 3.41. The molecule has 0 aliphatic heterocycles. The Labute approximate surface area is 90.5 Å². The molecule has 0 amide bonds. The Morgan fingerprint density at radius 2 is 1.73 bits per heavy atom. The summed E-state index contributed by atoms with van der Waals surface area (Å²) in [6, 6.07) is 14.8. The minimum atomic E-state index is 0.855. The molecule has 2 aromatic rings. The molecule has 0 atom stereocenters. The van der Waals surface area contributed by atoms with Crippen LogP contribution in [0.1, 0.15) is 0 Å². The monoisotopic (exact) mass is 200 g/mol. The molecule has 0 saturated carbocycles. The van der Waals surface area contributed by atoms with Gasteiger partial charge in [0.2, 0.25) is 0 Å². The van der Waals surface area contributed by atoms with Crippen LogP contribution in [0.25, 0.3) is 10.8 Å². The predicted molar refractivity (Wildman–Crippen MR) is 66.1 cm³/mol. The average molecular weight is 200 g/mol. The number of benzene rings is 2. The van der Waals surface area contributed by atoms with Crippen molar-refractivity contribution in [3.05, 3.63) is 42.5 Å². The van der Waals surface area contributed by atoms with Gasteiger partial charge in [0.25, 0.3) is 0 Å². The van der Waals surface area contributed by atoms with Crippen LogP contribution in [0.15, 0.2) is 42.5 Å². The number of hydrogen-bond acceptors (Lipinski definition) is 2. The number of rotatable bonds is 3. The van der Waals surface area contributed by atoms with Gasteiger partial charge in [-0.05, 0) is 25.5 Å². The Morgan fingerprint density at radius 3 is 2.53 bits per heavy atom. The van der Waals surface area contributed by atoms with Gasteiger partial charge in [0.05, 0.1) is 6.67 Å². The van der Waals surface area contributed by atoms with Gasteiger partial charge >= 0.3 is 0 Å². The normalized spacial score (nSPS) is 10.9. The summed E-state index contributed by atoms with van der Waals surface area (Å²) in [7, 11) is 4.11. The van der Waals surface area contributed by atoms with E-state index in [-0.39, 0.29) is 0 Å². The largest absolute Gasteiger partial charge is 0.372 e. The fourth-order valence-electron chi connectivity index (χ4n) is 1.62. The SMILES string of the molecule is CN(C)CNc1cccc2ccccc12. The van der Waals surface area contributed by atoms with Crippen molar-refractivity contribution in [2.45, 2.75) is 0 Å². The van der Waals surface area contributed by atoms with Crippen LogP contribution in [0.3, 0.4) is 0 Å². The highest BCUT2D eigenvalue weighted by Gasteiger charge is 1.98. The van der Waals surface area contributed by atoms with Crippen molar-refractivity contribution >= 4 is 16.5 Å². The minimum Gasteiger partial charge on any atom is -0.372 e. The molecule has 0 radical (unpaired) electrons. The zero-order chi connectivity index (χ0) is 10.7. The van der Waals surface area contributed by atoms with E-state index in [9.17, 15) is 0 Å². The highest BCUT2D eigenvalue weighted by atomic mass is 15.2. The number of anilines is 1. The van der Waals surface area contributed by atoms with E-state index in [1.54, 1.807) is 0 Å². The highest BCUT2D eigenvalue weighted by Crippen LogP contribution is 2.22. The molecular weight excluding hydrogens is 184 g/mol. The van der Waals surface area contributed by atoms with Gasteiger partial charge in [-0.15, -0.1) is 0 Å². The van der Waals surface area contributed by atoms with E-state index >= 15 is 0 Å². The summed E-state index contributed by atoms with van der Waals surface area (Å²) in [5.74, 6) is 0. The molecule has 2 nitrogen and oxygen atoms in total. The number of fused-ring (bicyclic) bond motifs is 1. The van der Waals surface area contributed by atoms with Crippen LogP contribution in [0.2, 0.25) is 0 Å². The molecule has 0 fully saturated rings. The van der Waals surface area contributed by atoms with E-state index < -0.39 is 0 Å². The second-order valence-corrected chi connectivity index (χ2v) is 3.94. The van der Waals surface area contributed by atoms with Crippen molar-refractivity contribution in [3.8, 4) is 0 Å². The molecule has 0 aromatic heterocycles. The lowest BCUT2D eigenvalue weighted by molar-refractivity contribution is 0.440. The van der Waals surface area contributed by atoms with Gasteiger partial charge in [-0.3, -0.25) is 4.90 Å². The second kappa shape index (κ2) is 4.32. The van der Waals surface area contributed by atoms with Crippen molar-refractivity contribution in [2.75, 3.05) is 26.1 Å². The Balaban J connectivity index is 2.34. The molecule has 0 spiro atoms. The summed E-state index contributed by atoms with van der Waals surface area (Å²) in [5.41, 5.74) is 1.20. The third-order valence-electron chi connectivity index (χ3n) is 2.38. The lowest BCUT2D eigenvalue weighted by Gasteiger charge is -2.14. The molecule has 0 heterocycles.